The predicted molar refractivity (Wildman–Crippen MR) is 90.0 cm³/mol. The first kappa shape index (κ1) is 17.2. The third-order valence-electron chi connectivity index (χ3n) is 2.54. The van der Waals surface area contributed by atoms with Gasteiger partial charge < -0.3 is 9.80 Å². The molecule has 0 amide bonds. The van der Waals surface area contributed by atoms with Crippen LogP contribution in [0.5, 0.6) is 0 Å². The van der Waals surface area contributed by atoms with E-state index in [1.807, 2.05) is 38.0 Å². The molecule has 0 spiro atoms. The van der Waals surface area contributed by atoms with Gasteiger partial charge in [-0.25, -0.2) is 0 Å². The van der Waals surface area contributed by atoms with Crippen LogP contribution < -0.4 is 0 Å². The number of nitrogens with zero attached hydrogens (tertiary/aromatic N) is 3. The van der Waals surface area contributed by atoms with E-state index in [4.69, 9.17) is 0 Å². The molecule has 1 aromatic rings. The topological polar surface area (TPSA) is 18.8 Å². The molecule has 1 aromatic carbocycles. The first-order valence-electron chi connectivity index (χ1n) is 5.95. The summed E-state index contributed by atoms with van der Waals surface area (Å²) in [7, 11) is 8.08. The summed E-state index contributed by atoms with van der Waals surface area (Å²) in [6, 6.07) is 8.61. The molecule has 4 heteroatoms. The summed E-state index contributed by atoms with van der Waals surface area (Å²) >= 11 is 0. The van der Waals surface area contributed by atoms with Crippen molar-refractivity contribution < 1.29 is 0 Å². The van der Waals surface area contributed by atoms with Gasteiger partial charge in [-0.05, 0) is 18.9 Å². The lowest BCUT2D eigenvalue weighted by Crippen LogP contribution is -2.35. The number of guanidine groups is 1. The van der Waals surface area contributed by atoms with Gasteiger partial charge >= 0.3 is 0 Å². The molecule has 0 unspecified atom stereocenters. The summed E-state index contributed by atoms with van der Waals surface area (Å²) in [5.41, 5.74) is 2.66. The van der Waals surface area contributed by atoms with Crippen LogP contribution in [0.15, 0.2) is 29.3 Å². The normalized spacial score (nSPS) is 9.39. The van der Waals surface area contributed by atoms with Gasteiger partial charge in [-0.3, -0.25) is 4.99 Å². The number of hydrogen-bond acceptors (Lipinski definition) is 1. The Bertz CT molecular complexity index is 376. The van der Waals surface area contributed by atoms with E-state index in [0.717, 1.165) is 18.9 Å². The van der Waals surface area contributed by atoms with E-state index in [-0.39, 0.29) is 24.0 Å². The Morgan fingerprint density at radius 1 is 1.11 bits per heavy atom. The van der Waals surface area contributed by atoms with Crippen molar-refractivity contribution in [3.8, 4) is 0 Å². The van der Waals surface area contributed by atoms with Gasteiger partial charge in [-0.1, -0.05) is 29.8 Å². The highest BCUT2D eigenvalue weighted by Crippen LogP contribution is 2.05. The van der Waals surface area contributed by atoms with Gasteiger partial charge in [0.15, 0.2) is 5.96 Å². The minimum Gasteiger partial charge on any atom is -0.349 e. The van der Waals surface area contributed by atoms with Gasteiger partial charge in [0.05, 0.1) is 0 Å². The molecule has 18 heavy (non-hydrogen) atoms. The summed E-state index contributed by atoms with van der Waals surface area (Å²) in [5, 5.41) is 0. The van der Waals surface area contributed by atoms with Crippen LogP contribution >= 0.6 is 24.0 Å². The predicted octanol–water partition coefficient (Wildman–Crippen LogP) is 2.63. The maximum atomic E-state index is 4.62. The Morgan fingerprint density at radius 3 is 2.22 bits per heavy atom. The second kappa shape index (κ2) is 8.34. The van der Waals surface area contributed by atoms with Crippen molar-refractivity contribution in [1.82, 2.24) is 9.80 Å². The molecule has 0 N–H and O–H groups in total. The van der Waals surface area contributed by atoms with Crippen molar-refractivity contribution in [2.45, 2.75) is 13.3 Å². The zero-order valence-corrected chi connectivity index (χ0v) is 14.3. The first-order chi connectivity index (χ1) is 8.00. The Hall–Kier alpha value is -0.780. The molecule has 0 bridgehead atoms. The van der Waals surface area contributed by atoms with Crippen LogP contribution in [0.4, 0.5) is 0 Å². The molecule has 0 saturated carbocycles. The molecule has 0 radical (unpaired) electrons. The molecule has 0 aliphatic carbocycles. The van der Waals surface area contributed by atoms with Crippen LogP contribution in [0, 0.1) is 6.92 Å². The van der Waals surface area contributed by atoms with Crippen molar-refractivity contribution in [1.29, 1.82) is 0 Å². The summed E-state index contributed by atoms with van der Waals surface area (Å²) in [6.45, 7) is 2.95. The van der Waals surface area contributed by atoms with Crippen LogP contribution in [0.3, 0.4) is 0 Å². The molecule has 1 rings (SSSR count). The fraction of sp³-hybridized carbons (Fsp3) is 0.500. The third-order valence-corrected chi connectivity index (χ3v) is 2.54. The van der Waals surface area contributed by atoms with Crippen molar-refractivity contribution >= 4 is 29.9 Å². The first-order valence-corrected chi connectivity index (χ1v) is 5.95. The van der Waals surface area contributed by atoms with E-state index >= 15 is 0 Å². The third kappa shape index (κ3) is 5.71. The number of hydrogen-bond donors (Lipinski definition) is 0. The summed E-state index contributed by atoms with van der Waals surface area (Å²) in [5.74, 6) is 1.01. The van der Waals surface area contributed by atoms with Crippen molar-refractivity contribution in [3.05, 3.63) is 35.4 Å². The van der Waals surface area contributed by atoms with Gasteiger partial charge in [-0.2, -0.15) is 0 Å². The number of aryl methyl sites for hydroxylation is 1. The van der Waals surface area contributed by atoms with E-state index in [0.29, 0.717) is 0 Å². The van der Waals surface area contributed by atoms with Crippen LogP contribution in [-0.4, -0.2) is 50.5 Å². The fourth-order valence-electron chi connectivity index (χ4n) is 1.84. The lowest BCUT2D eigenvalue weighted by atomic mass is 10.1. The zero-order valence-electron chi connectivity index (χ0n) is 12.0. The quantitative estimate of drug-likeness (QED) is 0.468. The molecule has 3 nitrogen and oxygen atoms in total. The lowest BCUT2D eigenvalue weighted by Gasteiger charge is -2.22. The average Bonchev–Trinajstić information content (AvgIpc) is 2.23. The van der Waals surface area contributed by atoms with Gasteiger partial charge in [0.1, 0.15) is 0 Å². The largest absolute Gasteiger partial charge is 0.349 e. The fourth-order valence-corrected chi connectivity index (χ4v) is 1.84. The van der Waals surface area contributed by atoms with Crippen molar-refractivity contribution in [2.75, 3.05) is 34.7 Å². The molecular weight excluding hydrogens is 337 g/mol. The summed E-state index contributed by atoms with van der Waals surface area (Å²) in [6.07, 6.45) is 0.993. The molecule has 0 aliphatic heterocycles. The molecule has 0 atom stereocenters. The van der Waals surface area contributed by atoms with Gasteiger partial charge in [0.25, 0.3) is 0 Å². The monoisotopic (exact) mass is 361 g/mol. The molecule has 0 heterocycles. The Balaban J connectivity index is 0.00000289. The van der Waals surface area contributed by atoms with E-state index in [9.17, 15) is 0 Å². The number of halogens is 1. The van der Waals surface area contributed by atoms with E-state index in [2.05, 4.69) is 36.2 Å². The SMILES string of the molecule is Cc1cccc(CCN=C(N(C)C)N(C)C)c1.I. The van der Waals surface area contributed by atoms with Gasteiger partial charge in [0, 0.05) is 34.7 Å². The second-order valence-corrected chi connectivity index (χ2v) is 4.71. The Kier molecular flexibility index (Phi) is 7.98. The Labute approximate surface area is 128 Å². The summed E-state index contributed by atoms with van der Waals surface area (Å²) in [4.78, 5) is 8.69. The molecule has 0 aromatic heterocycles. The second-order valence-electron chi connectivity index (χ2n) is 4.71. The minimum atomic E-state index is 0. The molecule has 0 saturated heterocycles. The average molecular weight is 361 g/mol. The standard InChI is InChI=1S/C14H23N3.HI/c1-12-7-6-8-13(11-12)9-10-15-14(16(2)3)17(4)5;/h6-8,11H,9-10H2,1-5H3;1H. The van der Waals surface area contributed by atoms with Crippen LogP contribution in [0.2, 0.25) is 0 Å². The molecule has 0 aliphatic rings. The van der Waals surface area contributed by atoms with E-state index < -0.39 is 0 Å². The molecule has 102 valence electrons. The van der Waals surface area contributed by atoms with Gasteiger partial charge in [0.2, 0.25) is 0 Å². The number of aliphatic imine (C=N–C) groups is 1. The molecule has 0 fully saturated rings. The van der Waals surface area contributed by atoms with Crippen molar-refractivity contribution in [2.24, 2.45) is 4.99 Å². The highest BCUT2D eigenvalue weighted by atomic mass is 127. The lowest BCUT2D eigenvalue weighted by molar-refractivity contribution is 0.479. The highest BCUT2D eigenvalue weighted by molar-refractivity contribution is 14.0. The highest BCUT2D eigenvalue weighted by Gasteiger charge is 2.03. The van der Waals surface area contributed by atoms with Crippen LogP contribution in [-0.2, 0) is 6.42 Å². The van der Waals surface area contributed by atoms with Crippen molar-refractivity contribution in [3.63, 3.8) is 0 Å². The summed E-state index contributed by atoms with van der Waals surface area (Å²) < 4.78 is 0. The maximum Gasteiger partial charge on any atom is 0.195 e. The smallest absolute Gasteiger partial charge is 0.195 e. The number of benzene rings is 1. The van der Waals surface area contributed by atoms with Crippen LogP contribution in [0.25, 0.3) is 0 Å². The number of rotatable bonds is 3. The molecular formula is C14H24IN3. The zero-order chi connectivity index (χ0) is 12.8. The Morgan fingerprint density at radius 2 is 1.72 bits per heavy atom. The van der Waals surface area contributed by atoms with E-state index in [1.165, 1.54) is 11.1 Å². The van der Waals surface area contributed by atoms with Crippen LogP contribution in [0.1, 0.15) is 11.1 Å². The minimum absolute atomic E-state index is 0. The van der Waals surface area contributed by atoms with E-state index in [1.54, 1.807) is 0 Å². The van der Waals surface area contributed by atoms with Gasteiger partial charge in [-0.15, -0.1) is 24.0 Å². The maximum absolute atomic E-state index is 4.62.